The van der Waals surface area contributed by atoms with E-state index in [1.807, 2.05) is 0 Å². The second kappa shape index (κ2) is 6.31. The van der Waals surface area contributed by atoms with E-state index in [4.69, 9.17) is 9.79 Å². The molecule has 0 fully saturated rings. The average Bonchev–Trinajstić information content (AvgIpc) is 2.12. The van der Waals surface area contributed by atoms with Crippen LogP contribution in [-0.2, 0) is 4.57 Å². The molecule has 1 heterocycles. The van der Waals surface area contributed by atoms with Crippen molar-refractivity contribution in [3.63, 3.8) is 0 Å². The fraction of sp³-hybridized carbons (Fsp3) is 0. The van der Waals surface area contributed by atoms with Crippen molar-refractivity contribution < 1.29 is 81.6 Å². The predicted octanol–water partition coefficient (Wildman–Crippen LogP) is -2.96. The van der Waals surface area contributed by atoms with Crippen LogP contribution in [-0.4, -0.2) is 15.3 Å². The Kier molecular flexibility index (Phi) is 8.04. The number of rotatable bonds is 2. The molecule has 12 heavy (non-hydrogen) atoms. The van der Waals surface area contributed by atoms with Gasteiger partial charge >= 0.3 is 59.2 Å². The zero-order chi connectivity index (χ0) is 7.61. The molecule has 0 aliphatic rings. The smallest absolute Gasteiger partial charge is 1.00 e. The van der Waals surface area contributed by atoms with Gasteiger partial charge in [0.15, 0.2) is 0 Å². The number of hydrogen-bond acceptors (Lipinski definition) is 3. The molecular formula is C4H8KO6P. The van der Waals surface area contributed by atoms with Gasteiger partial charge in [-0.25, -0.2) is 4.57 Å². The maximum Gasteiger partial charge on any atom is 1.00 e. The first-order valence-electron chi connectivity index (χ1n) is 2.36. The van der Waals surface area contributed by atoms with Crippen LogP contribution in [0.15, 0.2) is 22.8 Å². The molecule has 1 rings (SSSR count). The standard InChI is InChI=1S/C4H5O5P.K.H2O.H/c5-10(6,7)9-4-2-1-3-8-4;;;/h1-3H,(H2,5,6,7);;1H2;/q;+1;;-1. The molecule has 0 atom stereocenters. The third kappa shape index (κ3) is 6.35. The molecule has 0 aliphatic carbocycles. The van der Waals surface area contributed by atoms with Gasteiger partial charge in [-0.1, -0.05) is 0 Å². The van der Waals surface area contributed by atoms with E-state index >= 15 is 0 Å². The monoisotopic (exact) mass is 222 g/mol. The summed E-state index contributed by atoms with van der Waals surface area (Å²) in [5, 5.41) is 0. The summed E-state index contributed by atoms with van der Waals surface area (Å²) in [6.07, 6.45) is 1.25. The van der Waals surface area contributed by atoms with Crippen molar-refractivity contribution in [1.82, 2.24) is 0 Å². The second-order valence-corrected chi connectivity index (χ2v) is 2.68. The van der Waals surface area contributed by atoms with E-state index in [1.165, 1.54) is 18.4 Å². The molecule has 0 spiro atoms. The van der Waals surface area contributed by atoms with E-state index in [9.17, 15) is 4.57 Å². The van der Waals surface area contributed by atoms with E-state index in [-0.39, 0.29) is 64.2 Å². The van der Waals surface area contributed by atoms with Gasteiger partial charge < -0.3 is 15.8 Å². The van der Waals surface area contributed by atoms with Crippen LogP contribution in [0.2, 0.25) is 0 Å². The van der Waals surface area contributed by atoms with Crippen molar-refractivity contribution in [2.75, 3.05) is 0 Å². The first kappa shape index (κ1) is 15.3. The van der Waals surface area contributed by atoms with Crippen molar-refractivity contribution in [1.29, 1.82) is 0 Å². The number of furan rings is 1. The van der Waals surface area contributed by atoms with Gasteiger partial charge in [0.25, 0.3) is 5.95 Å². The zero-order valence-corrected chi connectivity index (χ0v) is 10.3. The molecule has 0 bridgehead atoms. The molecule has 8 heteroatoms. The summed E-state index contributed by atoms with van der Waals surface area (Å²) in [6.45, 7) is 0. The molecule has 1 aromatic heterocycles. The Labute approximate surface area is 112 Å². The molecule has 0 aromatic carbocycles. The summed E-state index contributed by atoms with van der Waals surface area (Å²) >= 11 is 0. The maximum absolute atomic E-state index is 10.1. The Morgan fingerprint density at radius 2 is 2.17 bits per heavy atom. The fourth-order valence-electron chi connectivity index (χ4n) is 0.433. The van der Waals surface area contributed by atoms with E-state index in [0.29, 0.717) is 0 Å². The summed E-state index contributed by atoms with van der Waals surface area (Å²) < 4.78 is 18.6. The van der Waals surface area contributed by atoms with E-state index < -0.39 is 7.82 Å². The van der Waals surface area contributed by atoms with Crippen LogP contribution in [0, 0.1) is 0 Å². The van der Waals surface area contributed by atoms with Gasteiger partial charge in [-0.3, -0.25) is 9.79 Å². The third-order valence-corrected chi connectivity index (χ3v) is 1.12. The third-order valence-electron chi connectivity index (χ3n) is 0.704. The topological polar surface area (TPSA) is 111 Å². The number of phosphoric acid groups is 1. The minimum absolute atomic E-state index is 0. The molecule has 0 radical (unpaired) electrons. The van der Waals surface area contributed by atoms with E-state index in [0.717, 1.165) is 0 Å². The summed E-state index contributed by atoms with van der Waals surface area (Å²) in [7, 11) is -4.45. The second-order valence-electron chi connectivity index (χ2n) is 1.51. The number of hydrogen-bond donors (Lipinski definition) is 2. The summed E-state index contributed by atoms with van der Waals surface area (Å²) in [5.41, 5.74) is 0. The van der Waals surface area contributed by atoms with Crippen molar-refractivity contribution in [2.24, 2.45) is 0 Å². The predicted molar refractivity (Wildman–Crippen MR) is 36.1 cm³/mol. The minimum Gasteiger partial charge on any atom is -1.00 e. The molecular weight excluding hydrogens is 214 g/mol. The first-order valence-corrected chi connectivity index (χ1v) is 3.89. The van der Waals surface area contributed by atoms with Gasteiger partial charge in [-0.2, -0.15) is 0 Å². The van der Waals surface area contributed by atoms with Crippen LogP contribution in [0.1, 0.15) is 1.43 Å². The molecule has 1 aromatic rings. The Hall–Kier alpha value is 0.826. The quantitative estimate of drug-likeness (QED) is 0.410. The van der Waals surface area contributed by atoms with Crippen molar-refractivity contribution in [2.45, 2.75) is 0 Å². The van der Waals surface area contributed by atoms with E-state index in [2.05, 4.69) is 8.94 Å². The maximum atomic E-state index is 10.1. The summed E-state index contributed by atoms with van der Waals surface area (Å²) in [6, 6.07) is 2.77. The Bertz CT molecular complexity index is 245. The molecule has 66 valence electrons. The van der Waals surface area contributed by atoms with Crippen LogP contribution in [0.25, 0.3) is 0 Å². The molecule has 0 saturated heterocycles. The molecule has 4 N–H and O–H groups in total. The van der Waals surface area contributed by atoms with Gasteiger partial charge in [0, 0.05) is 6.07 Å². The van der Waals surface area contributed by atoms with Gasteiger partial charge in [0.2, 0.25) is 0 Å². The van der Waals surface area contributed by atoms with Crippen molar-refractivity contribution in [3.05, 3.63) is 18.4 Å². The van der Waals surface area contributed by atoms with Gasteiger partial charge in [0.1, 0.15) is 0 Å². The average molecular weight is 222 g/mol. The minimum atomic E-state index is -4.45. The summed E-state index contributed by atoms with van der Waals surface area (Å²) in [4.78, 5) is 16.4. The van der Waals surface area contributed by atoms with Crippen LogP contribution >= 0.6 is 7.82 Å². The first-order chi connectivity index (χ1) is 4.58. The normalized spacial score (nSPS) is 9.50. The fourth-order valence-corrected chi connectivity index (χ4v) is 0.771. The molecule has 6 nitrogen and oxygen atoms in total. The van der Waals surface area contributed by atoms with Crippen LogP contribution in [0.4, 0.5) is 0 Å². The molecule has 0 aliphatic heterocycles. The molecule has 0 amide bonds. The zero-order valence-electron chi connectivity index (χ0n) is 7.30. The van der Waals surface area contributed by atoms with Gasteiger partial charge in [-0.15, -0.1) is 0 Å². The molecule has 0 saturated carbocycles. The largest absolute Gasteiger partial charge is 1.00 e. The van der Waals surface area contributed by atoms with Crippen molar-refractivity contribution >= 4 is 7.82 Å². The van der Waals surface area contributed by atoms with Crippen LogP contribution in [0.3, 0.4) is 0 Å². The van der Waals surface area contributed by atoms with Crippen LogP contribution < -0.4 is 55.9 Å². The Morgan fingerprint density at radius 3 is 2.50 bits per heavy atom. The van der Waals surface area contributed by atoms with Gasteiger partial charge in [-0.05, 0) is 6.07 Å². The van der Waals surface area contributed by atoms with Crippen molar-refractivity contribution in [3.8, 4) is 5.95 Å². The van der Waals surface area contributed by atoms with Gasteiger partial charge in [0.05, 0.1) is 6.26 Å². The Morgan fingerprint density at radius 1 is 1.58 bits per heavy atom. The SMILES string of the molecule is O.O=P(O)(O)Oc1ccco1.[H-].[K+]. The Balaban J connectivity index is -0.000000333. The number of phosphoric ester groups is 1. The molecule has 0 unspecified atom stereocenters. The summed E-state index contributed by atoms with van der Waals surface area (Å²) in [5.74, 6) is -0.187. The van der Waals surface area contributed by atoms with E-state index in [1.54, 1.807) is 0 Å². The van der Waals surface area contributed by atoms with Crippen LogP contribution in [0.5, 0.6) is 5.95 Å².